The molecule has 1 aliphatic rings. The summed E-state index contributed by atoms with van der Waals surface area (Å²) >= 11 is 0. The molecular formula is C26H32F3N3O5. The van der Waals surface area contributed by atoms with Crippen LogP contribution in [-0.4, -0.2) is 65.9 Å². The third-order valence-corrected chi connectivity index (χ3v) is 6.42. The largest absolute Gasteiger partial charge is 0.494 e. The Kier molecular flexibility index (Phi) is 9.76. The topological polar surface area (TPSA) is 102 Å². The number of nitrogens with zero attached hydrogens (tertiary/aromatic N) is 2. The Bertz CT molecular complexity index is 1040. The first kappa shape index (κ1) is 28.3. The number of aliphatic hydroxyl groups excluding tert-OH is 1. The molecule has 2 amide bonds. The minimum absolute atomic E-state index is 0.203. The summed E-state index contributed by atoms with van der Waals surface area (Å²) < 4.78 is 44.6. The number of anilines is 1. The van der Waals surface area contributed by atoms with Gasteiger partial charge in [-0.1, -0.05) is 18.2 Å². The molecule has 0 radical (unpaired) electrons. The molecule has 1 fully saturated rings. The lowest BCUT2D eigenvalue weighted by atomic mass is 9.92. The van der Waals surface area contributed by atoms with Crippen LogP contribution in [0.15, 0.2) is 48.5 Å². The number of hydrogen-bond donors (Lipinski definition) is 3. The van der Waals surface area contributed by atoms with Gasteiger partial charge in [-0.3, -0.25) is 14.8 Å². The van der Waals surface area contributed by atoms with Crippen LogP contribution in [0, 0.1) is 5.92 Å². The molecule has 0 spiro atoms. The quantitative estimate of drug-likeness (QED) is 0.327. The first-order chi connectivity index (χ1) is 17.6. The summed E-state index contributed by atoms with van der Waals surface area (Å²) in [5, 5.41) is 19.4. The minimum Gasteiger partial charge on any atom is -0.494 e. The maximum absolute atomic E-state index is 13.3. The summed E-state index contributed by atoms with van der Waals surface area (Å²) in [5.41, 5.74) is 2.08. The third kappa shape index (κ3) is 7.59. The van der Waals surface area contributed by atoms with Crippen LogP contribution in [0.25, 0.3) is 0 Å². The van der Waals surface area contributed by atoms with Crippen molar-refractivity contribution in [1.29, 1.82) is 0 Å². The first-order valence-corrected chi connectivity index (χ1v) is 12.2. The van der Waals surface area contributed by atoms with Crippen molar-refractivity contribution in [1.82, 2.24) is 10.4 Å². The van der Waals surface area contributed by atoms with Crippen LogP contribution in [0.4, 0.5) is 18.9 Å². The molecule has 8 nitrogen and oxygen atoms in total. The number of aryl methyl sites for hydroxylation is 1. The predicted molar refractivity (Wildman–Crippen MR) is 130 cm³/mol. The molecule has 2 aromatic carbocycles. The van der Waals surface area contributed by atoms with Gasteiger partial charge in [-0.2, -0.15) is 13.2 Å². The lowest BCUT2D eigenvalue weighted by molar-refractivity contribution is -0.150. The first-order valence-electron chi connectivity index (χ1n) is 12.2. The Hall–Kier alpha value is -3.31. The van der Waals surface area contributed by atoms with Crippen molar-refractivity contribution in [3.8, 4) is 5.75 Å². The second kappa shape index (κ2) is 12.8. The number of hydrogen-bond acceptors (Lipinski definition) is 6. The monoisotopic (exact) mass is 523 g/mol. The highest BCUT2D eigenvalue weighted by Crippen LogP contribution is 2.32. The molecule has 1 aliphatic heterocycles. The van der Waals surface area contributed by atoms with Gasteiger partial charge in [0.25, 0.3) is 5.91 Å². The summed E-state index contributed by atoms with van der Waals surface area (Å²) in [6, 6.07) is 12.5. The van der Waals surface area contributed by atoms with Crippen molar-refractivity contribution in [2.75, 3.05) is 37.7 Å². The standard InChI is InChI=1S/C26H32F3N3O5/c1-2-37-21-11-9-18(10-12-21)5-3-8-22(23(33)24(34)30-36)25(35)32-15-13-31(14-16-32)20-7-4-6-19(17-20)26(27,28)29/h4,6-7,9-12,17,22-23,33,36H,2-3,5,8,13-16H2,1H3,(H,30,34)/t22-,23+/m1/s1. The maximum Gasteiger partial charge on any atom is 0.416 e. The van der Waals surface area contributed by atoms with E-state index in [0.717, 1.165) is 23.4 Å². The van der Waals surface area contributed by atoms with E-state index in [1.165, 1.54) is 16.4 Å². The second-order valence-electron chi connectivity index (χ2n) is 8.86. The number of alkyl halides is 3. The van der Waals surface area contributed by atoms with E-state index in [1.54, 1.807) is 11.0 Å². The SMILES string of the molecule is CCOc1ccc(CCC[C@@H](C(=O)N2CCN(c3cccc(C(F)(F)F)c3)CC2)[C@H](O)C(=O)NO)cc1. The molecule has 3 rings (SSSR count). The molecule has 0 bridgehead atoms. The van der Waals surface area contributed by atoms with Gasteiger partial charge in [0.1, 0.15) is 11.9 Å². The lowest BCUT2D eigenvalue weighted by Gasteiger charge is -2.38. The molecule has 0 saturated carbocycles. The van der Waals surface area contributed by atoms with Crippen LogP contribution in [0.3, 0.4) is 0 Å². The maximum atomic E-state index is 13.3. The molecular weight excluding hydrogens is 491 g/mol. The van der Waals surface area contributed by atoms with Crippen molar-refractivity contribution in [2.24, 2.45) is 5.92 Å². The van der Waals surface area contributed by atoms with Crippen LogP contribution in [0.2, 0.25) is 0 Å². The molecule has 37 heavy (non-hydrogen) atoms. The lowest BCUT2D eigenvalue weighted by Crippen LogP contribution is -2.53. The summed E-state index contributed by atoms with van der Waals surface area (Å²) in [7, 11) is 0. The van der Waals surface area contributed by atoms with E-state index >= 15 is 0 Å². The zero-order valence-electron chi connectivity index (χ0n) is 20.6. The van der Waals surface area contributed by atoms with Crippen LogP contribution >= 0.6 is 0 Å². The van der Waals surface area contributed by atoms with E-state index in [0.29, 0.717) is 38.2 Å². The van der Waals surface area contributed by atoms with Crippen LogP contribution < -0.4 is 15.1 Å². The van der Waals surface area contributed by atoms with E-state index in [9.17, 15) is 27.9 Å². The Balaban J connectivity index is 1.61. The van der Waals surface area contributed by atoms with Gasteiger partial charge in [-0.25, -0.2) is 5.48 Å². The van der Waals surface area contributed by atoms with E-state index in [4.69, 9.17) is 9.94 Å². The molecule has 202 valence electrons. The molecule has 2 atom stereocenters. The van der Waals surface area contributed by atoms with Crippen molar-refractivity contribution in [2.45, 2.75) is 38.5 Å². The number of nitrogens with one attached hydrogen (secondary N) is 1. The van der Waals surface area contributed by atoms with E-state index < -0.39 is 35.6 Å². The molecule has 0 aliphatic carbocycles. The molecule has 2 aromatic rings. The fraction of sp³-hybridized carbons (Fsp3) is 0.462. The Morgan fingerprint density at radius 2 is 1.76 bits per heavy atom. The summed E-state index contributed by atoms with van der Waals surface area (Å²) in [6.45, 7) is 3.49. The Morgan fingerprint density at radius 1 is 1.08 bits per heavy atom. The fourth-order valence-corrected chi connectivity index (χ4v) is 4.41. The Labute approximate surface area is 213 Å². The number of hydroxylamine groups is 1. The van der Waals surface area contributed by atoms with Gasteiger partial charge in [-0.15, -0.1) is 0 Å². The number of aliphatic hydroxyl groups is 1. The molecule has 0 unspecified atom stereocenters. The highest BCUT2D eigenvalue weighted by Gasteiger charge is 2.36. The normalized spacial score (nSPS) is 15.7. The fourth-order valence-electron chi connectivity index (χ4n) is 4.41. The number of carbonyl (C=O) groups is 2. The minimum atomic E-state index is -4.45. The van der Waals surface area contributed by atoms with Gasteiger partial charge in [-0.05, 0) is 62.1 Å². The number of ether oxygens (including phenoxy) is 1. The van der Waals surface area contributed by atoms with E-state index in [-0.39, 0.29) is 19.5 Å². The Morgan fingerprint density at radius 3 is 2.35 bits per heavy atom. The summed E-state index contributed by atoms with van der Waals surface area (Å²) in [6.07, 6.45) is -4.87. The van der Waals surface area contributed by atoms with Crippen molar-refractivity contribution in [3.05, 3.63) is 59.7 Å². The highest BCUT2D eigenvalue weighted by molar-refractivity contribution is 5.88. The summed E-state index contributed by atoms with van der Waals surface area (Å²) in [5.74, 6) is -1.83. The zero-order chi connectivity index (χ0) is 27.0. The van der Waals surface area contributed by atoms with Gasteiger partial charge < -0.3 is 19.6 Å². The van der Waals surface area contributed by atoms with Crippen molar-refractivity contribution in [3.63, 3.8) is 0 Å². The van der Waals surface area contributed by atoms with Crippen LogP contribution in [0.5, 0.6) is 5.75 Å². The molecule has 1 saturated heterocycles. The summed E-state index contributed by atoms with van der Waals surface area (Å²) in [4.78, 5) is 28.5. The number of amides is 2. The second-order valence-corrected chi connectivity index (χ2v) is 8.86. The average Bonchev–Trinajstić information content (AvgIpc) is 2.90. The molecule has 0 aromatic heterocycles. The number of piperazine rings is 1. The van der Waals surface area contributed by atoms with Crippen LogP contribution in [0.1, 0.15) is 30.9 Å². The zero-order valence-corrected chi connectivity index (χ0v) is 20.6. The average molecular weight is 524 g/mol. The molecule has 3 N–H and O–H groups in total. The predicted octanol–water partition coefficient (Wildman–Crippen LogP) is 3.26. The van der Waals surface area contributed by atoms with Crippen molar-refractivity contribution >= 4 is 17.5 Å². The van der Waals surface area contributed by atoms with Gasteiger partial charge in [0.15, 0.2) is 0 Å². The van der Waals surface area contributed by atoms with Gasteiger partial charge >= 0.3 is 6.18 Å². The van der Waals surface area contributed by atoms with E-state index in [1.807, 2.05) is 31.2 Å². The van der Waals surface area contributed by atoms with Crippen molar-refractivity contribution < 1.29 is 37.8 Å². The highest BCUT2D eigenvalue weighted by atomic mass is 19.4. The number of rotatable bonds is 10. The van der Waals surface area contributed by atoms with E-state index in [2.05, 4.69) is 0 Å². The van der Waals surface area contributed by atoms with Gasteiger partial charge in [0.2, 0.25) is 5.91 Å². The van der Waals surface area contributed by atoms with Gasteiger partial charge in [0.05, 0.1) is 18.1 Å². The smallest absolute Gasteiger partial charge is 0.416 e. The molecule has 11 heteroatoms. The van der Waals surface area contributed by atoms with Crippen LogP contribution in [-0.2, 0) is 22.2 Å². The van der Waals surface area contributed by atoms with Gasteiger partial charge in [0, 0.05) is 31.9 Å². The number of halogens is 3. The molecule has 1 heterocycles. The number of carbonyl (C=O) groups excluding carboxylic acids is 2. The third-order valence-electron chi connectivity index (χ3n) is 6.42. The number of benzene rings is 2.